The first-order valence-electron chi connectivity index (χ1n) is 9.13. The lowest BCUT2D eigenvalue weighted by atomic mass is 10.0. The quantitative estimate of drug-likeness (QED) is 0.400. The third-order valence-corrected chi connectivity index (χ3v) is 4.56. The van der Waals surface area contributed by atoms with Crippen LogP contribution in [0.25, 0.3) is 12.2 Å². The summed E-state index contributed by atoms with van der Waals surface area (Å²) >= 11 is 0. The van der Waals surface area contributed by atoms with E-state index in [0.29, 0.717) is 13.1 Å². The van der Waals surface area contributed by atoms with Gasteiger partial charge in [0.25, 0.3) is 5.91 Å². The Hall–Kier alpha value is -2.93. The lowest BCUT2D eigenvalue weighted by molar-refractivity contribution is -0.127. The highest BCUT2D eigenvalue weighted by molar-refractivity contribution is 5.92. The first kappa shape index (κ1) is 22.4. The van der Waals surface area contributed by atoms with Crippen LogP contribution < -0.4 is 10.8 Å². The Morgan fingerprint density at radius 1 is 1.03 bits per heavy atom. The van der Waals surface area contributed by atoms with Gasteiger partial charge in [0.2, 0.25) is 5.91 Å². The van der Waals surface area contributed by atoms with Crippen molar-refractivity contribution in [1.29, 1.82) is 0 Å². The van der Waals surface area contributed by atoms with E-state index in [2.05, 4.69) is 17.4 Å². The van der Waals surface area contributed by atoms with Crippen molar-refractivity contribution in [3.63, 3.8) is 0 Å². The Morgan fingerprint density at radius 3 is 2.41 bits per heavy atom. The molecule has 1 fully saturated rings. The molecule has 1 aliphatic heterocycles. The van der Waals surface area contributed by atoms with Gasteiger partial charge in [-0.15, -0.1) is 12.4 Å². The summed E-state index contributed by atoms with van der Waals surface area (Å²) in [5.74, 6) is -0.620. The number of carbonyl (C=O) groups excluding carboxylic acids is 2. The lowest BCUT2D eigenvalue weighted by Crippen LogP contribution is -2.47. The van der Waals surface area contributed by atoms with Gasteiger partial charge in [-0.2, -0.15) is 0 Å². The van der Waals surface area contributed by atoms with Crippen LogP contribution in [-0.4, -0.2) is 41.6 Å². The third-order valence-electron chi connectivity index (χ3n) is 4.56. The maximum Gasteiger partial charge on any atom is 0.267 e. The second-order valence-corrected chi connectivity index (χ2v) is 6.51. The molecule has 29 heavy (non-hydrogen) atoms. The highest BCUT2D eigenvalue weighted by Crippen LogP contribution is 2.17. The average molecular weight is 414 g/mol. The monoisotopic (exact) mass is 413 g/mol. The number of benzene rings is 2. The van der Waals surface area contributed by atoms with E-state index in [9.17, 15) is 9.59 Å². The molecule has 7 heteroatoms. The molecule has 1 heterocycles. The largest absolute Gasteiger partial charge is 0.336 e. The third kappa shape index (κ3) is 6.57. The van der Waals surface area contributed by atoms with Gasteiger partial charge in [-0.25, -0.2) is 5.48 Å². The zero-order chi connectivity index (χ0) is 19.8. The highest BCUT2D eigenvalue weighted by Gasteiger charge is 2.22. The number of hydroxylamine groups is 1. The van der Waals surface area contributed by atoms with E-state index >= 15 is 0 Å². The SMILES string of the molecule is Cl.O=C(/C=C/c1cccc(/C=C/C(=O)N2CCNC(c3ccccc3)C2)c1)NO. The summed E-state index contributed by atoms with van der Waals surface area (Å²) in [5, 5.41) is 12.0. The molecule has 1 atom stereocenters. The van der Waals surface area contributed by atoms with E-state index < -0.39 is 5.91 Å². The zero-order valence-electron chi connectivity index (χ0n) is 15.8. The number of halogens is 1. The van der Waals surface area contributed by atoms with Gasteiger partial charge >= 0.3 is 0 Å². The van der Waals surface area contributed by atoms with Crippen LogP contribution in [0.5, 0.6) is 0 Å². The number of hydrogen-bond donors (Lipinski definition) is 3. The molecule has 3 N–H and O–H groups in total. The minimum absolute atomic E-state index is 0. The Bertz CT molecular complexity index is 884. The molecule has 152 valence electrons. The van der Waals surface area contributed by atoms with Crippen LogP contribution in [-0.2, 0) is 9.59 Å². The van der Waals surface area contributed by atoms with Crippen LogP contribution in [0.4, 0.5) is 0 Å². The van der Waals surface area contributed by atoms with Gasteiger partial charge in [-0.3, -0.25) is 14.8 Å². The van der Waals surface area contributed by atoms with Crippen molar-refractivity contribution in [3.05, 3.63) is 83.4 Å². The predicted octanol–water partition coefficient (Wildman–Crippen LogP) is 2.81. The molecular formula is C22H24ClN3O3. The first-order valence-corrected chi connectivity index (χ1v) is 9.13. The van der Waals surface area contributed by atoms with Gasteiger partial charge in [-0.05, 0) is 34.9 Å². The van der Waals surface area contributed by atoms with Crippen molar-refractivity contribution in [2.75, 3.05) is 19.6 Å². The molecule has 0 saturated carbocycles. The van der Waals surface area contributed by atoms with Crippen molar-refractivity contribution < 1.29 is 14.8 Å². The van der Waals surface area contributed by atoms with E-state index in [4.69, 9.17) is 5.21 Å². The van der Waals surface area contributed by atoms with Gasteiger partial charge < -0.3 is 10.2 Å². The van der Waals surface area contributed by atoms with E-state index in [1.807, 2.05) is 47.4 Å². The molecule has 0 aromatic heterocycles. The molecule has 1 unspecified atom stereocenters. The summed E-state index contributed by atoms with van der Waals surface area (Å²) < 4.78 is 0. The van der Waals surface area contributed by atoms with Crippen molar-refractivity contribution in [3.8, 4) is 0 Å². The zero-order valence-corrected chi connectivity index (χ0v) is 16.6. The Kier molecular flexibility index (Phi) is 8.61. The second-order valence-electron chi connectivity index (χ2n) is 6.51. The number of piperazine rings is 1. The average Bonchev–Trinajstić information content (AvgIpc) is 2.76. The Morgan fingerprint density at radius 2 is 1.72 bits per heavy atom. The number of carbonyl (C=O) groups is 2. The van der Waals surface area contributed by atoms with Crippen molar-refractivity contribution in [2.45, 2.75) is 6.04 Å². The minimum Gasteiger partial charge on any atom is -0.336 e. The fraction of sp³-hybridized carbons (Fsp3) is 0.182. The number of nitrogens with one attached hydrogen (secondary N) is 2. The molecule has 0 spiro atoms. The smallest absolute Gasteiger partial charge is 0.267 e. The number of amides is 2. The molecule has 0 aliphatic carbocycles. The number of nitrogens with zero attached hydrogens (tertiary/aromatic N) is 1. The molecule has 1 saturated heterocycles. The molecule has 2 aromatic carbocycles. The van der Waals surface area contributed by atoms with Gasteiger partial charge in [0.15, 0.2) is 0 Å². The molecule has 2 aromatic rings. The van der Waals surface area contributed by atoms with Crippen LogP contribution in [0.3, 0.4) is 0 Å². The summed E-state index contributed by atoms with van der Waals surface area (Å²) in [4.78, 5) is 25.5. The summed E-state index contributed by atoms with van der Waals surface area (Å²) in [7, 11) is 0. The van der Waals surface area contributed by atoms with Gasteiger partial charge in [0.05, 0.1) is 0 Å². The minimum atomic E-state index is -0.595. The molecule has 2 amide bonds. The Labute approximate surface area is 176 Å². The fourth-order valence-electron chi connectivity index (χ4n) is 3.11. The van der Waals surface area contributed by atoms with E-state index in [0.717, 1.165) is 17.7 Å². The summed E-state index contributed by atoms with van der Waals surface area (Å²) in [5.41, 5.74) is 4.37. The summed E-state index contributed by atoms with van der Waals surface area (Å²) in [6.45, 7) is 2.06. The van der Waals surface area contributed by atoms with Crippen molar-refractivity contribution in [1.82, 2.24) is 15.7 Å². The van der Waals surface area contributed by atoms with Gasteiger partial charge in [0, 0.05) is 37.8 Å². The number of rotatable bonds is 5. The van der Waals surface area contributed by atoms with E-state index in [-0.39, 0.29) is 24.4 Å². The molecular weight excluding hydrogens is 390 g/mol. The van der Waals surface area contributed by atoms with Gasteiger partial charge in [0.1, 0.15) is 0 Å². The second kappa shape index (κ2) is 11.2. The van der Waals surface area contributed by atoms with Crippen LogP contribution in [0, 0.1) is 0 Å². The first-order chi connectivity index (χ1) is 13.7. The fourth-order valence-corrected chi connectivity index (χ4v) is 3.11. The topological polar surface area (TPSA) is 81.7 Å². The maximum atomic E-state index is 12.6. The maximum absolute atomic E-state index is 12.6. The predicted molar refractivity (Wildman–Crippen MR) is 115 cm³/mol. The molecule has 1 aliphatic rings. The van der Waals surface area contributed by atoms with Crippen LogP contribution in [0.2, 0.25) is 0 Å². The standard InChI is InChI=1S/C22H23N3O3.ClH/c26-21(24-28)11-9-17-5-4-6-18(15-17)10-12-22(27)25-14-13-23-20(16-25)19-7-2-1-3-8-19;/h1-12,15,20,23,28H,13-14,16H2,(H,24,26);1H/b11-9+,12-10+;. The van der Waals surface area contributed by atoms with Crippen molar-refractivity contribution in [2.24, 2.45) is 0 Å². The van der Waals surface area contributed by atoms with E-state index in [1.54, 1.807) is 23.7 Å². The van der Waals surface area contributed by atoms with Gasteiger partial charge in [-0.1, -0.05) is 48.5 Å². The molecule has 0 radical (unpaired) electrons. The van der Waals surface area contributed by atoms with Crippen LogP contribution in [0.15, 0.2) is 66.7 Å². The lowest BCUT2D eigenvalue weighted by Gasteiger charge is -2.33. The molecule has 3 rings (SSSR count). The Balaban J connectivity index is 0.00000300. The molecule has 0 bridgehead atoms. The normalized spacial score (nSPS) is 16.6. The summed E-state index contributed by atoms with van der Waals surface area (Å²) in [6, 6.07) is 17.7. The van der Waals surface area contributed by atoms with Crippen LogP contribution >= 0.6 is 12.4 Å². The van der Waals surface area contributed by atoms with Crippen LogP contribution in [0.1, 0.15) is 22.7 Å². The van der Waals surface area contributed by atoms with Crippen molar-refractivity contribution >= 4 is 36.4 Å². The van der Waals surface area contributed by atoms with E-state index in [1.165, 1.54) is 11.6 Å². The highest BCUT2D eigenvalue weighted by atomic mass is 35.5. The summed E-state index contributed by atoms with van der Waals surface area (Å²) in [6.07, 6.45) is 6.17. The number of hydrogen-bond acceptors (Lipinski definition) is 4. The molecule has 6 nitrogen and oxygen atoms in total.